The molecule has 0 bridgehead atoms. The molecule has 0 fully saturated rings. The third kappa shape index (κ3) is 5.74. The zero-order chi connectivity index (χ0) is 20.5. The van der Waals surface area contributed by atoms with Crippen molar-refractivity contribution in [3.05, 3.63) is 77.9 Å². The molecule has 1 aliphatic heterocycles. The fourth-order valence-corrected chi connectivity index (χ4v) is 3.33. The second kappa shape index (κ2) is 10.5. The first-order valence-electron chi connectivity index (χ1n) is 9.75. The van der Waals surface area contributed by atoms with Gasteiger partial charge in [-0.3, -0.25) is 4.79 Å². The number of hydrogen-bond donors (Lipinski definition) is 1. The van der Waals surface area contributed by atoms with Gasteiger partial charge in [0.1, 0.15) is 5.75 Å². The first-order valence-corrected chi connectivity index (χ1v) is 9.75. The second-order valence-electron chi connectivity index (χ2n) is 6.90. The van der Waals surface area contributed by atoms with Gasteiger partial charge >= 0.3 is 0 Å². The van der Waals surface area contributed by atoms with Crippen LogP contribution in [0.2, 0.25) is 0 Å². The number of hydrogen-bond acceptors (Lipinski definition) is 6. The van der Waals surface area contributed by atoms with Gasteiger partial charge in [-0.15, -0.1) is 0 Å². The fraction of sp³-hybridized carbons (Fsp3) is 0.348. The molecule has 0 aromatic heterocycles. The van der Waals surface area contributed by atoms with Gasteiger partial charge in [0.15, 0.2) is 12.5 Å². The summed E-state index contributed by atoms with van der Waals surface area (Å²) in [6.07, 6.45) is 2.71. The van der Waals surface area contributed by atoms with Crippen molar-refractivity contribution in [3.63, 3.8) is 0 Å². The van der Waals surface area contributed by atoms with Gasteiger partial charge in [-0.25, -0.2) is 0 Å². The van der Waals surface area contributed by atoms with E-state index < -0.39 is 0 Å². The number of Topliss-reactive ketones (excluding diaryl/α,β-unsaturated/α-hetero) is 1. The van der Waals surface area contributed by atoms with Crippen LogP contribution < -0.4 is 10.1 Å². The third-order valence-electron chi connectivity index (χ3n) is 4.88. The summed E-state index contributed by atoms with van der Waals surface area (Å²) in [7, 11) is 3.15. The average Bonchev–Trinajstić information content (AvgIpc) is 3.23. The van der Waals surface area contributed by atoms with E-state index in [1.54, 1.807) is 20.4 Å². The number of methoxy groups -OCH3 is 2. The molecule has 2 aromatic carbocycles. The molecule has 29 heavy (non-hydrogen) atoms. The molecule has 0 amide bonds. The van der Waals surface area contributed by atoms with Crippen LogP contribution in [0.1, 0.15) is 15.9 Å². The number of benzene rings is 2. The average molecular weight is 396 g/mol. The molecule has 0 spiro atoms. The largest absolute Gasteiger partial charge is 0.496 e. The predicted octanol–water partition coefficient (Wildman–Crippen LogP) is 3.06. The van der Waals surface area contributed by atoms with E-state index in [0.29, 0.717) is 37.1 Å². The number of carbonyl (C=O) groups excluding carboxylic acids is 1. The fourth-order valence-electron chi connectivity index (χ4n) is 3.33. The van der Waals surface area contributed by atoms with Gasteiger partial charge in [-0.1, -0.05) is 42.5 Å². The Morgan fingerprint density at radius 2 is 1.86 bits per heavy atom. The van der Waals surface area contributed by atoms with Crippen LogP contribution in [0, 0.1) is 5.92 Å². The van der Waals surface area contributed by atoms with Crippen LogP contribution in [0.4, 0.5) is 0 Å². The third-order valence-corrected chi connectivity index (χ3v) is 4.88. The maximum Gasteiger partial charge on any atom is 0.297 e. The summed E-state index contributed by atoms with van der Waals surface area (Å²) in [6, 6.07) is 17.7. The summed E-state index contributed by atoms with van der Waals surface area (Å²) in [5.74, 6) is 0.857. The van der Waals surface area contributed by atoms with Crippen molar-refractivity contribution in [2.24, 2.45) is 5.92 Å². The Hall–Kier alpha value is -2.99. The van der Waals surface area contributed by atoms with Crippen molar-refractivity contribution in [3.8, 4) is 5.75 Å². The Morgan fingerprint density at radius 1 is 1.10 bits per heavy atom. The summed E-state index contributed by atoms with van der Waals surface area (Å²) < 4.78 is 16.0. The highest BCUT2D eigenvalue weighted by Crippen LogP contribution is 2.22. The lowest BCUT2D eigenvalue weighted by molar-refractivity contribution is 0.0519. The van der Waals surface area contributed by atoms with Crippen LogP contribution in [0.3, 0.4) is 0 Å². The van der Waals surface area contributed by atoms with Crippen molar-refractivity contribution >= 4 is 5.78 Å². The highest BCUT2D eigenvalue weighted by Gasteiger charge is 2.26. The molecule has 1 N–H and O–H groups in total. The standard InChI is InChI=1S/C23H28N2O4/c1-27-21-11-7-6-10-20(21)23(26)19(15-25-16-22(28-2)29-17-25)14-24-13-12-18-8-4-3-5-9-18/h3-11,16,19,24H,12-15,17H2,1-2H3. The zero-order valence-corrected chi connectivity index (χ0v) is 17.0. The molecular formula is C23H28N2O4. The number of carbonyl (C=O) groups is 1. The maximum atomic E-state index is 13.3. The van der Waals surface area contributed by atoms with E-state index in [-0.39, 0.29) is 11.7 Å². The van der Waals surface area contributed by atoms with Crippen LogP contribution in [-0.2, 0) is 15.9 Å². The normalized spacial score (nSPS) is 14.1. The van der Waals surface area contributed by atoms with Gasteiger partial charge in [-0.2, -0.15) is 0 Å². The van der Waals surface area contributed by atoms with Crippen molar-refractivity contribution < 1.29 is 19.0 Å². The molecule has 1 aliphatic rings. The van der Waals surface area contributed by atoms with E-state index in [1.165, 1.54) is 5.56 Å². The first kappa shape index (κ1) is 20.7. The van der Waals surface area contributed by atoms with Gasteiger partial charge in [0, 0.05) is 13.1 Å². The van der Waals surface area contributed by atoms with E-state index in [9.17, 15) is 4.79 Å². The Bertz CT molecular complexity index is 823. The Kier molecular flexibility index (Phi) is 7.53. The Balaban J connectivity index is 1.65. The number of nitrogens with one attached hydrogen (secondary N) is 1. The van der Waals surface area contributed by atoms with Gasteiger partial charge in [-0.05, 0) is 30.7 Å². The predicted molar refractivity (Wildman–Crippen MR) is 112 cm³/mol. The molecule has 1 heterocycles. The zero-order valence-electron chi connectivity index (χ0n) is 17.0. The molecule has 1 atom stereocenters. The van der Waals surface area contributed by atoms with Crippen molar-refractivity contribution in [2.45, 2.75) is 6.42 Å². The molecule has 6 nitrogen and oxygen atoms in total. The molecular weight excluding hydrogens is 368 g/mol. The minimum absolute atomic E-state index is 0.0499. The molecule has 0 aliphatic carbocycles. The molecule has 0 radical (unpaired) electrons. The number of rotatable bonds is 11. The van der Waals surface area contributed by atoms with Crippen LogP contribution in [0.15, 0.2) is 66.7 Å². The summed E-state index contributed by atoms with van der Waals surface area (Å²) in [5, 5.41) is 3.44. The monoisotopic (exact) mass is 396 g/mol. The van der Waals surface area contributed by atoms with E-state index in [0.717, 1.165) is 13.0 Å². The number of para-hydroxylation sites is 1. The van der Waals surface area contributed by atoms with Gasteiger partial charge in [0.05, 0.1) is 31.9 Å². The quantitative estimate of drug-likeness (QED) is 0.465. The minimum atomic E-state index is -0.252. The number of nitrogens with zero attached hydrogens (tertiary/aromatic N) is 1. The van der Waals surface area contributed by atoms with E-state index in [4.69, 9.17) is 14.2 Å². The van der Waals surface area contributed by atoms with Crippen LogP contribution >= 0.6 is 0 Å². The van der Waals surface area contributed by atoms with Crippen molar-refractivity contribution in [1.82, 2.24) is 10.2 Å². The van der Waals surface area contributed by atoms with Crippen LogP contribution in [-0.4, -0.2) is 51.3 Å². The maximum absolute atomic E-state index is 13.3. The molecule has 0 saturated heterocycles. The lowest BCUT2D eigenvalue weighted by atomic mass is 9.96. The summed E-state index contributed by atoms with van der Waals surface area (Å²) >= 11 is 0. The minimum Gasteiger partial charge on any atom is -0.496 e. The highest BCUT2D eigenvalue weighted by molar-refractivity contribution is 6.00. The topological polar surface area (TPSA) is 60.0 Å². The van der Waals surface area contributed by atoms with Gasteiger partial charge < -0.3 is 24.4 Å². The van der Waals surface area contributed by atoms with Crippen LogP contribution in [0.25, 0.3) is 0 Å². The molecule has 0 saturated carbocycles. The van der Waals surface area contributed by atoms with Gasteiger partial charge in [0.25, 0.3) is 5.95 Å². The summed E-state index contributed by atoms with van der Waals surface area (Å²) in [6.45, 7) is 2.27. The molecule has 2 aromatic rings. The van der Waals surface area contributed by atoms with E-state index in [2.05, 4.69) is 17.4 Å². The van der Waals surface area contributed by atoms with E-state index >= 15 is 0 Å². The van der Waals surface area contributed by atoms with Gasteiger partial charge in [0.2, 0.25) is 0 Å². The van der Waals surface area contributed by atoms with Crippen molar-refractivity contribution in [2.75, 3.05) is 40.6 Å². The molecule has 1 unspecified atom stereocenters. The molecule has 6 heteroatoms. The highest BCUT2D eigenvalue weighted by atomic mass is 16.7. The number of ketones is 1. The Morgan fingerprint density at radius 3 is 2.59 bits per heavy atom. The lowest BCUT2D eigenvalue weighted by Crippen LogP contribution is -2.37. The molecule has 3 rings (SSSR count). The van der Waals surface area contributed by atoms with Crippen LogP contribution in [0.5, 0.6) is 5.75 Å². The van der Waals surface area contributed by atoms with E-state index in [1.807, 2.05) is 47.4 Å². The smallest absolute Gasteiger partial charge is 0.297 e. The first-order chi connectivity index (χ1) is 14.2. The summed E-state index contributed by atoms with van der Waals surface area (Å²) in [5.41, 5.74) is 1.87. The second-order valence-corrected chi connectivity index (χ2v) is 6.90. The summed E-state index contributed by atoms with van der Waals surface area (Å²) in [4.78, 5) is 15.2. The number of ether oxygens (including phenoxy) is 3. The Labute approximate surface area is 172 Å². The SMILES string of the molecule is COC1=CN(CC(CNCCc2ccccc2)C(=O)c2ccccc2OC)CO1. The molecule has 154 valence electrons. The lowest BCUT2D eigenvalue weighted by Gasteiger charge is -2.22. The van der Waals surface area contributed by atoms with Crippen molar-refractivity contribution in [1.29, 1.82) is 0 Å².